The Morgan fingerprint density at radius 1 is 1.22 bits per heavy atom. The first-order valence-corrected chi connectivity index (χ1v) is 8.53. The van der Waals surface area contributed by atoms with Crippen molar-refractivity contribution < 1.29 is 4.74 Å². The second kappa shape index (κ2) is 8.44. The van der Waals surface area contributed by atoms with E-state index in [0.29, 0.717) is 0 Å². The van der Waals surface area contributed by atoms with Crippen LogP contribution in [-0.4, -0.2) is 48.8 Å². The van der Waals surface area contributed by atoms with Gasteiger partial charge in [0.05, 0.1) is 13.2 Å². The minimum Gasteiger partial charge on any atom is -0.378 e. The second-order valence-electron chi connectivity index (χ2n) is 7.07. The predicted octanol–water partition coefficient (Wildman–Crippen LogP) is 4.09. The largest absolute Gasteiger partial charge is 0.378 e. The van der Waals surface area contributed by atoms with Crippen molar-refractivity contribution in [2.24, 2.45) is 15.4 Å². The minimum atomic E-state index is -0.0331. The van der Waals surface area contributed by atoms with Crippen LogP contribution in [0.15, 0.2) is 34.4 Å². The lowest BCUT2D eigenvalue weighted by Crippen LogP contribution is -2.45. The third-order valence-corrected chi connectivity index (χ3v) is 4.22. The van der Waals surface area contributed by atoms with E-state index >= 15 is 0 Å². The third-order valence-electron chi connectivity index (χ3n) is 4.22. The molecule has 0 bridgehead atoms. The van der Waals surface area contributed by atoms with Crippen molar-refractivity contribution in [3.05, 3.63) is 24.4 Å². The molecule has 0 aromatic carbocycles. The van der Waals surface area contributed by atoms with Crippen LogP contribution >= 0.6 is 0 Å². The van der Waals surface area contributed by atoms with Crippen LogP contribution in [-0.2, 0) is 4.74 Å². The topological polar surface area (TPSA) is 37.2 Å². The fourth-order valence-electron chi connectivity index (χ4n) is 2.14. The van der Waals surface area contributed by atoms with Crippen LogP contribution in [0, 0.1) is 5.41 Å². The molecule has 0 saturated carbocycles. The number of rotatable bonds is 6. The van der Waals surface area contributed by atoms with Crippen LogP contribution in [0.25, 0.3) is 0 Å². The molecule has 1 fully saturated rings. The molecule has 0 aliphatic carbocycles. The van der Waals surface area contributed by atoms with E-state index in [1.165, 1.54) is 0 Å². The van der Waals surface area contributed by atoms with Crippen LogP contribution in [0.1, 0.15) is 48.0 Å². The van der Waals surface area contributed by atoms with E-state index in [-0.39, 0.29) is 11.5 Å². The van der Waals surface area contributed by atoms with Crippen molar-refractivity contribution in [3.8, 4) is 0 Å². The molecule has 1 aliphatic heterocycles. The number of aliphatic imine (C=N–C) groups is 2. The van der Waals surface area contributed by atoms with E-state index < -0.39 is 0 Å². The molecule has 0 spiro atoms. The van der Waals surface area contributed by atoms with E-state index in [4.69, 9.17) is 14.7 Å². The number of allylic oxidation sites excluding steroid dienone is 1. The van der Waals surface area contributed by atoms with Gasteiger partial charge >= 0.3 is 0 Å². The zero-order chi connectivity index (χ0) is 17.6. The summed E-state index contributed by atoms with van der Waals surface area (Å²) in [5.74, 6) is 0.920. The molecule has 1 aliphatic rings. The Bertz CT molecular complexity index is 495. The first-order valence-electron chi connectivity index (χ1n) is 8.53. The van der Waals surface area contributed by atoms with Crippen molar-refractivity contribution in [1.82, 2.24) is 4.90 Å². The monoisotopic (exact) mass is 319 g/mol. The number of amidine groups is 1. The molecule has 1 saturated heterocycles. The Hall–Kier alpha value is -1.42. The summed E-state index contributed by atoms with van der Waals surface area (Å²) in [5.41, 5.74) is 2.62. The lowest BCUT2D eigenvalue weighted by molar-refractivity contribution is 0.0687. The summed E-state index contributed by atoms with van der Waals surface area (Å²) in [4.78, 5) is 11.9. The minimum absolute atomic E-state index is 0.0331. The summed E-state index contributed by atoms with van der Waals surface area (Å²) in [5, 5.41) is 0. The van der Waals surface area contributed by atoms with Crippen LogP contribution in [0.2, 0.25) is 0 Å². The molecule has 0 radical (unpaired) electrons. The molecule has 0 aromatic rings. The van der Waals surface area contributed by atoms with Gasteiger partial charge in [-0.1, -0.05) is 33.9 Å². The zero-order valence-corrected chi connectivity index (χ0v) is 15.8. The number of morpholine rings is 1. The molecule has 0 atom stereocenters. The highest BCUT2D eigenvalue weighted by Crippen LogP contribution is 2.30. The van der Waals surface area contributed by atoms with E-state index in [1.54, 1.807) is 0 Å². The first-order chi connectivity index (χ1) is 10.7. The van der Waals surface area contributed by atoms with Gasteiger partial charge in [0.2, 0.25) is 0 Å². The standard InChI is InChI=1S/C19H33N3O/c1-9-19(7,8)16(6)21-17(14(2)3)18(20-15(4)5)22-10-12-23-13-11-22/h15H,2,6,9-13H2,1,3-5,7-8H3. The van der Waals surface area contributed by atoms with Gasteiger partial charge in [-0.3, -0.25) is 4.99 Å². The van der Waals surface area contributed by atoms with Crippen molar-refractivity contribution in [2.45, 2.75) is 54.0 Å². The summed E-state index contributed by atoms with van der Waals surface area (Å²) in [6, 6.07) is 0.199. The van der Waals surface area contributed by atoms with Crippen LogP contribution in [0.3, 0.4) is 0 Å². The summed E-state index contributed by atoms with van der Waals surface area (Å²) in [6.07, 6.45) is 0.993. The van der Waals surface area contributed by atoms with Gasteiger partial charge in [-0.25, -0.2) is 4.99 Å². The normalized spacial score (nSPS) is 17.6. The van der Waals surface area contributed by atoms with Crippen molar-refractivity contribution in [2.75, 3.05) is 26.3 Å². The van der Waals surface area contributed by atoms with Crippen molar-refractivity contribution >= 4 is 11.5 Å². The Morgan fingerprint density at radius 3 is 2.22 bits per heavy atom. The molecule has 4 nitrogen and oxygen atoms in total. The van der Waals surface area contributed by atoms with Gasteiger partial charge in [0.1, 0.15) is 5.71 Å². The Labute approximate surface area is 142 Å². The molecule has 1 heterocycles. The average molecular weight is 319 g/mol. The number of hydrogen-bond acceptors (Lipinski definition) is 3. The molecule has 0 amide bonds. The SMILES string of the molecule is C=C(C)C(=NC(=C)C(C)(C)CC)C(=NC(C)C)N1CCOCC1. The Kier molecular flexibility index (Phi) is 7.20. The average Bonchev–Trinajstić information content (AvgIpc) is 2.50. The summed E-state index contributed by atoms with van der Waals surface area (Å²) in [6.45, 7) is 24.1. The highest BCUT2D eigenvalue weighted by Gasteiger charge is 2.24. The van der Waals surface area contributed by atoms with E-state index in [9.17, 15) is 0 Å². The maximum absolute atomic E-state index is 5.47. The molecule has 0 N–H and O–H groups in total. The number of hydrogen-bond donors (Lipinski definition) is 0. The fraction of sp³-hybridized carbons (Fsp3) is 0.684. The van der Waals surface area contributed by atoms with E-state index in [0.717, 1.165) is 55.5 Å². The second-order valence-corrected chi connectivity index (χ2v) is 7.07. The molecule has 0 unspecified atom stereocenters. The van der Waals surface area contributed by atoms with Crippen molar-refractivity contribution in [1.29, 1.82) is 0 Å². The smallest absolute Gasteiger partial charge is 0.150 e. The van der Waals surface area contributed by atoms with E-state index in [2.05, 4.69) is 52.7 Å². The first kappa shape index (κ1) is 19.6. The lowest BCUT2D eigenvalue weighted by Gasteiger charge is -2.32. The summed E-state index contributed by atoms with van der Waals surface area (Å²) in [7, 11) is 0. The maximum Gasteiger partial charge on any atom is 0.150 e. The molecular formula is C19H33N3O. The summed E-state index contributed by atoms with van der Waals surface area (Å²) < 4.78 is 5.47. The van der Waals surface area contributed by atoms with Gasteiger partial charge in [0, 0.05) is 30.2 Å². The molecule has 130 valence electrons. The highest BCUT2D eigenvalue weighted by molar-refractivity contribution is 6.47. The molecule has 0 aromatic heterocycles. The molecule has 4 heteroatoms. The fourth-order valence-corrected chi connectivity index (χ4v) is 2.14. The van der Waals surface area contributed by atoms with Gasteiger partial charge in [0.15, 0.2) is 5.84 Å². The lowest BCUT2D eigenvalue weighted by atomic mass is 9.87. The van der Waals surface area contributed by atoms with Gasteiger partial charge in [0.25, 0.3) is 0 Å². The van der Waals surface area contributed by atoms with Gasteiger partial charge in [-0.15, -0.1) is 0 Å². The number of ether oxygens (including phenoxy) is 1. The zero-order valence-electron chi connectivity index (χ0n) is 15.8. The third kappa shape index (κ3) is 5.61. The number of nitrogens with zero attached hydrogens (tertiary/aromatic N) is 3. The quantitative estimate of drug-likeness (QED) is 0.546. The molecule has 1 rings (SSSR count). The highest BCUT2D eigenvalue weighted by atomic mass is 16.5. The van der Waals surface area contributed by atoms with Gasteiger partial charge in [-0.2, -0.15) is 0 Å². The van der Waals surface area contributed by atoms with Gasteiger partial charge < -0.3 is 9.64 Å². The van der Waals surface area contributed by atoms with Crippen LogP contribution in [0.4, 0.5) is 0 Å². The van der Waals surface area contributed by atoms with Crippen LogP contribution in [0.5, 0.6) is 0 Å². The maximum atomic E-state index is 5.47. The molecule has 23 heavy (non-hydrogen) atoms. The van der Waals surface area contributed by atoms with Gasteiger partial charge in [-0.05, 0) is 32.8 Å². The Balaban J connectivity index is 3.25. The predicted molar refractivity (Wildman–Crippen MR) is 100 cm³/mol. The summed E-state index contributed by atoms with van der Waals surface area (Å²) >= 11 is 0. The van der Waals surface area contributed by atoms with Crippen molar-refractivity contribution in [3.63, 3.8) is 0 Å². The van der Waals surface area contributed by atoms with E-state index in [1.807, 2.05) is 6.92 Å². The Morgan fingerprint density at radius 2 is 1.78 bits per heavy atom. The van der Waals surface area contributed by atoms with Crippen LogP contribution < -0.4 is 0 Å². The molecular weight excluding hydrogens is 286 g/mol.